The van der Waals surface area contributed by atoms with Crippen LogP contribution in [0.5, 0.6) is 5.75 Å². The van der Waals surface area contributed by atoms with Crippen LogP contribution in [0.4, 0.5) is 0 Å². The maximum atomic E-state index is 11.6. The number of hydrogen-bond acceptors (Lipinski definition) is 7. The standard InChI is InChI=1S/C22H28N6O3S2/c1-31-20-8-6-18(7-9-20)28-21(17-10-12-23-13-11-17)25-27(22(28)32)16-26-14-4-3-5-19(26)15-24-33(2,29)30/h6-13,19,24H,3-5,14-16H2,1-2H3. The molecule has 1 atom stereocenters. The molecule has 11 heteroatoms. The number of pyridine rings is 1. The lowest BCUT2D eigenvalue weighted by atomic mass is 10.0. The van der Waals surface area contributed by atoms with Crippen molar-refractivity contribution >= 4 is 22.2 Å². The van der Waals surface area contributed by atoms with Crippen molar-refractivity contribution in [2.24, 2.45) is 0 Å². The van der Waals surface area contributed by atoms with Crippen LogP contribution in [-0.4, -0.2) is 65.1 Å². The summed E-state index contributed by atoms with van der Waals surface area (Å²) >= 11 is 5.87. The van der Waals surface area contributed by atoms with Crippen molar-refractivity contribution in [2.45, 2.75) is 32.0 Å². The number of nitrogens with zero attached hydrogens (tertiary/aromatic N) is 5. The first-order valence-corrected chi connectivity index (χ1v) is 13.1. The van der Waals surface area contributed by atoms with Gasteiger partial charge in [0.2, 0.25) is 14.8 Å². The molecule has 3 aromatic rings. The van der Waals surface area contributed by atoms with Crippen LogP contribution in [0.1, 0.15) is 19.3 Å². The SMILES string of the molecule is COc1ccc(-n2c(-c3ccncc3)nn(CN3CCCCC3CNS(C)(=O)=O)c2=S)cc1. The van der Waals surface area contributed by atoms with E-state index in [1.165, 1.54) is 6.26 Å². The molecule has 2 aromatic heterocycles. The van der Waals surface area contributed by atoms with Crippen molar-refractivity contribution < 1.29 is 13.2 Å². The summed E-state index contributed by atoms with van der Waals surface area (Å²) < 4.78 is 35.5. The number of likely N-dealkylation sites (tertiary alicyclic amines) is 1. The van der Waals surface area contributed by atoms with E-state index in [1.807, 2.05) is 45.6 Å². The third-order valence-electron chi connectivity index (χ3n) is 5.75. The minimum absolute atomic E-state index is 0.0888. The Labute approximate surface area is 199 Å². The maximum Gasteiger partial charge on any atom is 0.208 e. The predicted octanol–water partition coefficient (Wildman–Crippen LogP) is 2.84. The number of hydrogen-bond donors (Lipinski definition) is 1. The van der Waals surface area contributed by atoms with E-state index >= 15 is 0 Å². The molecule has 176 valence electrons. The van der Waals surface area contributed by atoms with E-state index in [1.54, 1.807) is 19.5 Å². The maximum absolute atomic E-state index is 11.6. The summed E-state index contributed by atoms with van der Waals surface area (Å²) in [6, 6.07) is 11.6. The van der Waals surface area contributed by atoms with Gasteiger partial charge in [0.25, 0.3) is 0 Å². The van der Waals surface area contributed by atoms with Crippen molar-refractivity contribution in [2.75, 3.05) is 26.5 Å². The van der Waals surface area contributed by atoms with Crippen molar-refractivity contribution in [3.05, 3.63) is 53.6 Å². The Hall–Kier alpha value is -2.60. The lowest BCUT2D eigenvalue weighted by molar-refractivity contribution is 0.106. The smallest absolute Gasteiger partial charge is 0.208 e. The summed E-state index contributed by atoms with van der Waals surface area (Å²) in [4.78, 5) is 6.37. The summed E-state index contributed by atoms with van der Waals surface area (Å²) in [7, 11) is -1.61. The Morgan fingerprint density at radius 1 is 1.15 bits per heavy atom. The molecule has 33 heavy (non-hydrogen) atoms. The van der Waals surface area contributed by atoms with E-state index in [9.17, 15) is 8.42 Å². The monoisotopic (exact) mass is 488 g/mol. The molecular weight excluding hydrogens is 460 g/mol. The van der Waals surface area contributed by atoms with Gasteiger partial charge in [-0.1, -0.05) is 6.42 Å². The molecule has 1 aliphatic rings. The Kier molecular flexibility index (Phi) is 7.23. The average Bonchev–Trinajstić information content (AvgIpc) is 3.14. The molecule has 0 amide bonds. The number of piperidine rings is 1. The number of benzene rings is 1. The zero-order valence-corrected chi connectivity index (χ0v) is 20.3. The second-order valence-electron chi connectivity index (χ2n) is 8.10. The highest BCUT2D eigenvalue weighted by Crippen LogP contribution is 2.25. The fraction of sp³-hybridized carbons (Fsp3) is 0.409. The van der Waals surface area contributed by atoms with Crippen LogP contribution in [0.2, 0.25) is 0 Å². The summed E-state index contributed by atoms with van der Waals surface area (Å²) in [5, 5.41) is 4.87. The van der Waals surface area contributed by atoms with E-state index < -0.39 is 10.0 Å². The largest absolute Gasteiger partial charge is 0.497 e. The van der Waals surface area contributed by atoms with Crippen LogP contribution < -0.4 is 9.46 Å². The highest BCUT2D eigenvalue weighted by Gasteiger charge is 2.25. The Morgan fingerprint density at radius 2 is 1.88 bits per heavy atom. The number of aromatic nitrogens is 4. The molecule has 1 fully saturated rings. The molecule has 0 aliphatic carbocycles. The van der Waals surface area contributed by atoms with Gasteiger partial charge in [-0.2, -0.15) is 0 Å². The molecule has 0 bridgehead atoms. The average molecular weight is 489 g/mol. The van der Waals surface area contributed by atoms with Gasteiger partial charge in [-0.05, 0) is 61.5 Å². The summed E-state index contributed by atoms with van der Waals surface area (Å²) in [6.07, 6.45) is 7.69. The summed E-state index contributed by atoms with van der Waals surface area (Å²) in [5.74, 6) is 1.48. The molecule has 1 aliphatic heterocycles. The van der Waals surface area contributed by atoms with Gasteiger partial charge in [0.15, 0.2) is 5.82 Å². The first kappa shape index (κ1) is 23.6. The second kappa shape index (κ2) is 10.1. The summed E-state index contributed by atoms with van der Waals surface area (Å²) in [6.45, 7) is 1.72. The van der Waals surface area contributed by atoms with Crippen molar-refractivity contribution in [3.8, 4) is 22.8 Å². The number of methoxy groups -OCH3 is 1. The van der Waals surface area contributed by atoms with Crippen LogP contribution in [0.3, 0.4) is 0 Å². The lowest BCUT2D eigenvalue weighted by Crippen LogP contribution is -2.47. The number of sulfonamides is 1. The van der Waals surface area contributed by atoms with Crippen LogP contribution >= 0.6 is 12.2 Å². The van der Waals surface area contributed by atoms with Crippen molar-refractivity contribution in [1.82, 2.24) is 29.0 Å². The van der Waals surface area contributed by atoms with Crippen LogP contribution in [0, 0.1) is 4.77 Å². The van der Waals surface area contributed by atoms with Crippen molar-refractivity contribution in [3.63, 3.8) is 0 Å². The molecule has 3 heterocycles. The normalized spacial score (nSPS) is 17.2. The van der Waals surface area contributed by atoms with Gasteiger partial charge in [-0.25, -0.2) is 17.8 Å². The molecule has 4 rings (SSSR count). The number of rotatable bonds is 8. The van der Waals surface area contributed by atoms with Gasteiger partial charge in [0.1, 0.15) is 5.75 Å². The highest BCUT2D eigenvalue weighted by atomic mass is 32.2. The molecule has 1 unspecified atom stereocenters. The predicted molar refractivity (Wildman–Crippen MR) is 129 cm³/mol. The van der Waals surface area contributed by atoms with Crippen molar-refractivity contribution in [1.29, 1.82) is 0 Å². The lowest BCUT2D eigenvalue weighted by Gasteiger charge is -2.35. The minimum atomic E-state index is -3.25. The van der Waals surface area contributed by atoms with Gasteiger partial charge in [-0.15, -0.1) is 5.10 Å². The second-order valence-corrected chi connectivity index (χ2v) is 10.3. The van der Waals surface area contributed by atoms with Crippen LogP contribution in [0.15, 0.2) is 48.8 Å². The Bertz CT molecular complexity index is 1240. The molecule has 1 saturated heterocycles. The quantitative estimate of drug-likeness (QED) is 0.487. The third kappa shape index (κ3) is 5.67. The zero-order valence-electron chi connectivity index (χ0n) is 18.7. The molecule has 1 aromatic carbocycles. The van der Waals surface area contributed by atoms with E-state index in [0.29, 0.717) is 18.0 Å². The Morgan fingerprint density at radius 3 is 2.55 bits per heavy atom. The molecule has 9 nitrogen and oxygen atoms in total. The fourth-order valence-electron chi connectivity index (χ4n) is 4.05. The van der Waals surface area contributed by atoms with Gasteiger partial charge in [0.05, 0.1) is 25.7 Å². The highest BCUT2D eigenvalue weighted by molar-refractivity contribution is 7.88. The molecule has 1 N–H and O–H groups in total. The minimum Gasteiger partial charge on any atom is -0.497 e. The molecular formula is C22H28N6O3S2. The van der Waals surface area contributed by atoms with Crippen LogP contribution in [-0.2, 0) is 16.7 Å². The topological polar surface area (TPSA) is 94.3 Å². The van der Waals surface area contributed by atoms with E-state index in [4.69, 9.17) is 22.1 Å². The molecule has 0 radical (unpaired) electrons. The first-order chi connectivity index (χ1) is 15.9. The zero-order chi connectivity index (χ0) is 23.4. The number of nitrogens with one attached hydrogen (secondary N) is 1. The van der Waals surface area contributed by atoms with Gasteiger partial charge >= 0.3 is 0 Å². The van der Waals surface area contributed by atoms with E-state index in [-0.39, 0.29) is 6.04 Å². The fourth-order valence-corrected chi connectivity index (χ4v) is 4.83. The third-order valence-corrected chi connectivity index (χ3v) is 6.84. The van der Waals surface area contributed by atoms with Gasteiger partial charge < -0.3 is 4.74 Å². The van der Waals surface area contributed by atoms with Crippen LogP contribution in [0.25, 0.3) is 17.1 Å². The number of ether oxygens (including phenoxy) is 1. The summed E-state index contributed by atoms with van der Waals surface area (Å²) in [5.41, 5.74) is 1.78. The Balaban J connectivity index is 1.70. The van der Waals surface area contributed by atoms with Gasteiger partial charge in [-0.3, -0.25) is 14.5 Å². The molecule has 0 saturated carbocycles. The first-order valence-electron chi connectivity index (χ1n) is 10.8. The van der Waals surface area contributed by atoms with E-state index in [2.05, 4.69) is 14.6 Å². The van der Waals surface area contributed by atoms with Gasteiger partial charge in [0, 0.05) is 37.1 Å². The van der Waals surface area contributed by atoms with E-state index in [0.717, 1.165) is 48.6 Å². The molecule has 0 spiro atoms.